The standard InChI is InChI=1S/C34H38FN7O3/c1-40-16-18-42(19-17-40)24-12-14-41(15-13-24)25-8-10-29(31(20-25)45-2)38-34-36-21-27(26-9-11-30(44)28(22-43)32(26)35)33(39-34)37-23-6-4-3-5-7-23/h3-11,20-22,24,44H,12-19H2,1-2H3,(H2,36,37,38,39). The van der Waals surface area contributed by atoms with Crippen LogP contribution in [0.3, 0.4) is 0 Å². The third kappa shape index (κ3) is 6.69. The molecule has 3 aromatic carbocycles. The van der Waals surface area contributed by atoms with Gasteiger partial charge in [0.05, 0.1) is 18.4 Å². The summed E-state index contributed by atoms with van der Waals surface area (Å²) in [6.07, 6.45) is 4.05. The van der Waals surface area contributed by atoms with Gasteiger partial charge in [-0.1, -0.05) is 18.2 Å². The minimum Gasteiger partial charge on any atom is -0.507 e. The fourth-order valence-electron chi connectivity index (χ4n) is 6.07. The third-order valence-electron chi connectivity index (χ3n) is 8.71. The summed E-state index contributed by atoms with van der Waals surface area (Å²) in [5.41, 5.74) is 2.51. The highest BCUT2D eigenvalue weighted by molar-refractivity contribution is 5.86. The summed E-state index contributed by atoms with van der Waals surface area (Å²) in [5, 5.41) is 16.4. The van der Waals surface area contributed by atoms with Gasteiger partial charge in [-0.2, -0.15) is 4.98 Å². The van der Waals surface area contributed by atoms with E-state index in [0.29, 0.717) is 35.1 Å². The second kappa shape index (κ2) is 13.5. The molecule has 45 heavy (non-hydrogen) atoms. The van der Waals surface area contributed by atoms with E-state index >= 15 is 4.39 Å². The van der Waals surface area contributed by atoms with Gasteiger partial charge in [0.1, 0.15) is 23.1 Å². The fraction of sp³-hybridized carbons (Fsp3) is 0.324. The number of benzene rings is 3. The number of likely N-dealkylation sites (N-methyl/N-ethyl adjacent to an activating group) is 1. The number of aldehydes is 1. The first-order valence-electron chi connectivity index (χ1n) is 15.2. The number of phenols is 1. The molecule has 10 nitrogen and oxygen atoms in total. The Balaban J connectivity index is 1.22. The van der Waals surface area contributed by atoms with E-state index in [0.717, 1.165) is 63.5 Å². The zero-order valence-electron chi connectivity index (χ0n) is 25.5. The van der Waals surface area contributed by atoms with Crippen molar-refractivity contribution in [2.45, 2.75) is 18.9 Å². The van der Waals surface area contributed by atoms with Crippen LogP contribution in [0.15, 0.2) is 66.9 Å². The zero-order chi connectivity index (χ0) is 31.3. The highest BCUT2D eigenvalue weighted by Gasteiger charge is 2.27. The van der Waals surface area contributed by atoms with Crippen molar-refractivity contribution in [1.29, 1.82) is 0 Å². The molecule has 2 fully saturated rings. The number of ether oxygens (including phenoxy) is 1. The Morgan fingerprint density at radius 1 is 0.956 bits per heavy atom. The number of nitrogens with zero attached hydrogens (tertiary/aromatic N) is 5. The van der Waals surface area contributed by atoms with Gasteiger partial charge >= 0.3 is 0 Å². The molecule has 3 heterocycles. The Morgan fingerprint density at radius 2 is 1.71 bits per heavy atom. The van der Waals surface area contributed by atoms with E-state index < -0.39 is 17.1 Å². The second-order valence-corrected chi connectivity index (χ2v) is 11.5. The second-order valence-electron chi connectivity index (χ2n) is 11.5. The maximum atomic E-state index is 15.3. The molecule has 0 bridgehead atoms. The molecule has 0 amide bonds. The lowest BCUT2D eigenvalue weighted by atomic mass is 10.0. The Bertz CT molecular complexity index is 1640. The van der Waals surface area contributed by atoms with E-state index in [1.807, 2.05) is 42.5 Å². The Kier molecular flexibility index (Phi) is 9.08. The molecular formula is C34H38FN7O3. The number of hydrogen-bond acceptors (Lipinski definition) is 10. The molecule has 1 aromatic heterocycles. The number of carbonyl (C=O) groups is 1. The van der Waals surface area contributed by atoms with Gasteiger partial charge in [0.2, 0.25) is 5.95 Å². The van der Waals surface area contributed by atoms with Crippen LogP contribution in [0.4, 0.5) is 33.2 Å². The van der Waals surface area contributed by atoms with Crippen molar-refractivity contribution in [1.82, 2.24) is 19.8 Å². The number of methoxy groups -OCH3 is 1. The maximum absolute atomic E-state index is 15.3. The van der Waals surface area contributed by atoms with Crippen LogP contribution in [-0.2, 0) is 0 Å². The van der Waals surface area contributed by atoms with Crippen LogP contribution in [0, 0.1) is 5.82 Å². The summed E-state index contributed by atoms with van der Waals surface area (Å²) in [5.74, 6) is -0.0441. The van der Waals surface area contributed by atoms with Gasteiger partial charge in [0, 0.05) is 80.1 Å². The first kappa shape index (κ1) is 30.3. The molecule has 0 radical (unpaired) electrons. The predicted octanol–water partition coefficient (Wildman–Crippen LogP) is 5.51. The van der Waals surface area contributed by atoms with Crippen LogP contribution in [0.1, 0.15) is 23.2 Å². The highest BCUT2D eigenvalue weighted by atomic mass is 19.1. The highest BCUT2D eigenvalue weighted by Crippen LogP contribution is 2.37. The van der Waals surface area contributed by atoms with Gasteiger partial charge in [-0.25, -0.2) is 9.37 Å². The van der Waals surface area contributed by atoms with Crippen molar-refractivity contribution in [3.63, 3.8) is 0 Å². The van der Waals surface area contributed by atoms with Crippen LogP contribution in [-0.4, -0.2) is 90.6 Å². The van der Waals surface area contributed by atoms with E-state index in [9.17, 15) is 9.90 Å². The number of rotatable bonds is 9. The number of para-hydroxylation sites is 1. The molecule has 0 spiro atoms. The van der Waals surface area contributed by atoms with E-state index in [2.05, 4.69) is 48.4 Å². The van der Waals surface area contributed by atoms with Gasteiger partial charge in [0.25, 0.3) is 0 Å². The molecule has 2 aliphatic heterocycles. The number of anilines is 5. The van der Waals surface area contributed by atoms with E-state index in [1.165, 1.54) is 18.3 Å². The molecule has 3 N–H and O–H groups in total. The number of carbonyl (C=O) groups excluding carboxylic acids is 1. The molecule has 0 aliphatic carbocycles. The van der Waals surface area contributed by atoms with E-state index in [4.69, 9.17) is 4.74 Å². The Morgan fingerprint density at radius 3 is 2.42 bits per heavy atom. The monoisotopic (exact) mass is 611 g/mol. The fourth-order valence-corrected chi connectivity index (χ4v) is 6.07. The van der Waals surface area contributed by atoms with Crippen LogP contribution >= 0.6 is 0 Å². The van der Waals surface area contributed by atoms with Crippen LogP contribution in [0.25, 0.3) is 11.1 Å². The number of halogens is 1. The molecular weight excluding hydrogens is 573 g/mol. The summed E-state index contributed by atoms with van der Waals surface area (Å²) in [6, 6.07) is 18.7. The lowest BCUT2D eigenvalue weighted by Crippen LogP contribution is -2.52. The molecule has 0 unspecified atom stereocenters. The minimum absolute atomic E-state index is 0.0817. The lowest BCUT2D eigenvalue weighted by molar-refractivity contribution is 0.0982. The SMILES string of the molecule is COc1cc(N2CCC(N3CCN(C)CC3)CC2)ccc1Nc1ncc(-c2ccc(O)c(C=O)c2F)c(Nc2ccccc2)n1. The summed E-state index contributed by atoms with van der Waals surface area (Å²) in [6.45, 7) is 6.54. The molecule has 4 aromatic rings. The smallest absolute Gasteiger partial charge is 0.229 e. The third-order valence-corrected chi connectivity index (χ3v) is 8.71. The first-order chi connectivity index (χ1) is 21.9. The number of aromatic nitrogens is 2. The van der Waals surface area contributed by atoms with Gasteiger partial charge in [0.15, 0.2) is 6.29 Å². The van der Waals surface area contributed by atoms with E-state index in [1.54, 1.807) is 7.11 Å². The molecule has 2 saturated heterocycles. The van der Waals surface area contributed by atoms with Crippen molar-refractivity contribution in [3.05, 3.63) is 78.2 Å². The number of phenolic OH excluding ortho intramolecular Hbond substituents is 1. The predicted molar refractivity (Wildman–Crippen MR) is 175 cm³/mol. The van der Waals surface area contributed by atoms with Gasteiger partial charge in [-0.15, -0.1) is 0 Å². The van der Waals surface area contributed by atoms with Gasteiger partial charge in [-0.05, 0) is 56.3 Å². The zero-order valence-corrected chi connectivity index (χ0v) is 25.5. The minimum atomic E-state index is -0.852. The number of piperidine rings is 1. The number of nitrogens with one attached hydrogen (secondary N) is 2. The summed E-state index contributed by atoms with van der Waals surface area (Å²) >= 11 is 0. The largest absolute Gasteiger partial charge is 0.507 e. The first-order valence-corrected chi connectivity index (χ1v) is 15.2. The van der Waals surface area contributed by atoms with Crippen LogP contribution < -0.4 is 20.3 Å². The topological polar surface area (TPSA) is 106 Å². The van der Waals surface area contributed by atoms with Crippen molar-refractivity contribution in [3.8, 4) is 22.6 Å². The average Bonchev–Trinajstić information content (AvgIpc) is 3.07. The number of hydrogen-bond donors (Lipinski definition) is 3. The van der Waals surface area contributed by atoms with Crippen molar-refractivity contribution in [2.24, 2.45) is 0 Å². The molecule has 234 valence electrons. The van der Waals surface area contributed by atoms with E-state index in [-0.39, 0.29) is 11.5 Å². The van der Waals surface area contributed by atoms with Crippen LogP contribution in [0.2, 0.25) is 0 Å². The number of piperazine rings is 1. The molecule has 6 rings (SSSR count). The number of aromatic hydroxyl groups is 1. The molecule has 2 aliphatic rings. The quantitative estimate of drug-likeness (QED) is 0.210. The average molecular weight is 612 g/mol. The Hall–Kier alpha value is -4.74. The van der Waals surface area contributed by atoms with Crippen molar-refractivity contribution in [2.75, 3.05) is 69.0 Å². The van der Waals surface area contributed by atoms with Crippen molar-refractivity contribution >= 4 is 35.1 Å². The Labute approximate surface area is 262 Å². The van der Waals surface area contributed by atoms with Gasteiger partial charge < -0.3 is 30.3 Å². The summed E-state index contributed by atoms with van der Waals surface area (Å²) in [4.78, 5) is 28.1. The maximum Gasteiger partial charge on any atom is 0.229 e. The molecule has 11 heteroatoms. The molecule has 0 saturated carbocycles. The van der Waals surface area contributed by atoms with Crippen LogP contribution in [0.5, 0.6) is 11.5 Å². The summed E-state index contributed by atoms with van der Waals surface area (Å²) in [7, 11) is 3.83. The van der Waals surface area contributed by atoms with Gasteiger partial charge in [-0.3, -0.25) is 9.69 Å². The van der Waals surface area contributed by atoms with Crippen molar-refractivity contribution < 1.29 is 19.0 Å². The molecule has 0 atom stereocenters. The normalized spacial score (nSPS) is 16.4. The summed E-state index contributed by atoms with van der Waals surface area (Å²) < 4.78 is 21.1. The lowest BCUT2D eigenvalue weighted by Gasteiger charge is -2.42.